The van der Waals surface area contributed by atoms with E-state index < -0.39 is 5.60 Å². The molecule has 2 rings (SSSR count). The van der Waals surface area contributed by atoms with Crippen LogP contribution in [-0.4, -0.2) is 28.1 Å². The number of hydrogen-bond donors (Lipinski definition) is 2. The van der Waals surface area contributed by atoms with Crippen molar-refractivity contribution in [1.82, 2.24) is 0 Å². The summed E-state index contributed by atoms with van der Waals surface area (Å²) in [7, 11) is 0. The Morgan fingerprint density at radius 2 is 2.11 bits per heavy atom. The number of aliphatic hydroxyl groups is 1. The molecular weight excluding hydrogens is 270 g/mol. The second-order valence-corrected chi connectivity index (χ2v) is 6.14. The molecule has 1 aromatic carbocycles. The maximum atomic E-state index is 12.1. The summed E-state index contributed by atoms with van der Waals surface area (Å²) in [5, 5.41) is 13.6. The average Bonchev–Trinajstić information content (AvgIpc) is 2.36. The van der Waals surface area contributed by atoms with Gasteiger partial charge in [-0.15, -0.1) is 0 Å². The van der Waals surface area contributed by atoms with Crippen LogP contribution >= 0.6 is 23.4 Å². The van der Waals surface area contributed by atoms with Crippen molar-refractivity contribution in [3.63, 3.8) is 0 Å². The lowest BCUT2D eigenvalue weighted by Gasteiger charge is -2.30. The highest BCUT2D eigenvalue weighted by molar-refractivity contribution is 7.99. The number of carbonyl (C=O) groups is 1. The fraction of sp³-hybridized carbons (Fsp3) is 0.462. The number of aryl methyl sites for hydroxylation is 1. The van der Waals surface area contributed by atoms with Crippen molar-refractivity contribution in [2.75, 3.05) is 16.8 Å². The number of anilines is 1. The third kappa shape index (κ3) is 2.82. The molecule has 1 saturated heterocycles. The Hall–Kier alpha value is -0.710. The fourth-order valence-corrected chi connectivity index (χ4v) is 3.26. The van der Waals surface area contributed by atoms with Gasteiger partial charge in [0.15, 0.2) is 0 Å². The normalized spacial score (nSPS) is 18.4. The molecule has 0 saturated carbocycles. The van der Waals surface area contributed by atoms with Gasteiger partial charge in [0.05, 0.1) is 10.7 Å². The van der Waals surface area contributed by atoms with Crippen molar-refractivity contribution in [3.8, 4) is 0 Å². The summed E-state index contributed by atoms with van der Waals surface area (Å²) in [6.45, 7) is 1.88. The van der Waals surface area contributed by atoms with Crippen LogP contribution in [0, 0.1) is 6.92 Å². The van der Waals surface area contributed by atoms with Crippen LogP contribution in [0.15, 0.2) is 18.2 Å². The molecule has 3 nitrogen and oxygen atoms in total. The number of benzene rings is 1. The SMILES string of the molecule is Cc1cccc(NC(=O)C2(O)CCSCC2)c1Cl. The van der Waals surface area contributed by atoms with Crippen LogP contribution in [0.5, 0.6) is 0 Å². The first-order valence-electron chi connectivity index (χ1n) is 5.90. The number of rotatable bonds is 2. The first kappa shape index (κ1) is 13.7. The van der Waals surface area contributed by atoms with Gasteiger partial charge < -0.3 is 10.4 Å². The first-order valence-corrected chi connectivity index (χ1v) is 7.43. The number of amides is 1. The van der Waals surface area contributed by atoms with Gasteiger partial charge in [0.1, 0.15) is 5.60 Å². The van der Waals surface area contributed by atoms with Crippen molar-refractivity contribution in [2.24, 2.45) is 0 Å². The summed E-state index contributed by atoms with van der Waals surface area (Å²) in [6.07, 6.45) is 0.986. The maximum absolute atomic E-state index is 12.1. The zero-order valence-corrected chi connectivity index (χ0v) is 11.8. The van der Waals surface area contributed by atoms with Crippen LogP contribution in [0.4, 0.5) is 5.69 Å². The summed E-state index contributed by atoms with van der Waals surface area (Å²) in [5.74, 6) is 1.27. The van der Waals surface area contributed by atoms with Crippen molar-refractivity contribution in [2.45, 2.75) is 25.4 Å². The van der Waals surface area contributed by atoms with E-state index in [1.165, 1.54) is 0 Å². The molecule has 2 N–H and O–H groups in total. The molecule has 0 atom stereocenters. The Bertz CT molecular complexity index is 458. The van der Waals surface area contributed by atoms with Crippen LogP contribution in [0.1, 0.15) is 18.4 Å². The Morgan fingerprint density at radius 3 is 2.78 bits per heavy atom. The molecule has 0 aromatic heterocycles. The third-order valence-electron chi connectivity index (χ3n) is 3.18. The summed E-state index contributed by atoms with van der Waals surface area (Å²) in [4.78, 5) is 12.1. The first-order chi connectivity index (χ1) is 8.53. The molecule has 1 fully saturated rings. The van der Waals surface area contributed by atoms with Crippen molar-refractivity contribution < 1.29 is 9.90 Å². The molecule has 1 aromatic rings. The minimum Gasteiger partial charge on any atom is -0.380 e. The number of thioether (sulfide) groups is 1. The van der Waals surface area contributed by atoms with Crippen LogP contribution in [0.3, 0.4) is 0 Å². The minimum absolute atomic E-state index is 0.352. The molecule has 1 aliphatic heterocycles. The summed E-state index contributed by atoms with van der Waals surface area (Å²) >= 11 is 7.88. The van der Waals surface area contributed by atoms with E-state index in [0.717, 1.165) is 17.1 Å². The largest absolute Gasteiger partial charge is 0.380 e. The van der Waals surface area contributed by atoms with E-state index >= 15 is 0 Å². The van der Waals surface area contributed by atoms with Gasteiger partial charge in [-0.2, -0.15) is 11.8 Å². The molecule has 0 unspecified atom stereocenters. The Kier molecular flexibility index (Phi) is 4.20. The molecule has 1 amide bonds. The highest BCUT2D eigenvalue weighted by Gasteiger charge is 2.37. The van der Waals surface area contributed by atoms with Crippen LogP contribution < -0.4 is 5.32 Å². The van der Waals surface area contributed by atoms with E-state index in [1.807, 2.05) is 19.1 Å². The summed E-state index contributed by atoms with van der Waals surface area (Å²) in [6, 6.07) is 5.45. The lowest BCUT2D eigenvalue weighted by molar-refractivity contribution is -0.134. The van der Waals surface area contributed by atoms with Gasteiger partial charge in [-0.3, -0.25) is 4.79 Å². The monoisotopic (exact) mass is 285 g/mol. The fourth-order valence-electron chi connectivity index (χ4n) is 1.92. The molecule has 1 heterocycles. The van der Waals surface area contributed by atoms with Gasteiger partial charge in [-0.25, -0.2) is 0 Å². The zero-order chi connectivity index (χ0) is 13.2. The molecule has 98 valence electrons. The Labute approximate surface area is 116 Å². The number of hydrogen-bond acceptors (Lipinski definition) is 3. The zero-order valence-electron chi connectivity index (χ0n) is 10.2. The summed E-state index contributed by atoms with van der Waals surface area (Å²) < 4.78 is 0. The van der Waals surface area contributed by atoms with Gasteiger partial charge >= 0.3 is 0 Å². The molecule has 0 radical (unpaired) electrons. The molecule has 18 heavy (non-hydrogen) atoms. The number of halogens is 1. The molecule has 0 bridgehead atoms. The van der Waals surface area contributed by atoms with E-state index in [0.29, 0.717) is 23.6 Å². The topological polar surface area (TPSA) is 49.3 Å². The Morgan fingerprint density at radius 1 is 1.44 bits per heavy atom. The van der Waals surface area contributed by atoms with Gasteiger partial charge in [0.2, 0.25) is 0 Å². The highest BCUT2D eigenvalue weighted by Crippen LogP contribution is 2.30. The van der Waals surface area contributed by atoms with Crippen molar-refractivity contribution in [3.05, 3.63) is 28.8 Å². The predicted octanol–water partition coefficient (Wildman–Crippen LogP) is 2.85. The number of nitrogens with one attached hydrogen (secondary N) is 1. The average molecular weight is 286 g/mol. The lowest BCUT2D eigenvalue weighted by atomic mass is 9.95. The van der Waals surface area contributed by atoms with Crippen LogP contribution in [-0.2, 0) is 4.79 Å². The second-order valence-electron chi connectivity index (χ2n) is 4.53. The van der Waals surface area contributed by atoms with Gasteiger partial charge in [-0.1, -0.05) is 23.7 Å². The highest BCUT2D eigenvalue weighted by atomic mass is 35.5. The summed E-state index contributed by atoms with van der Waals surface area (Å²) in [5.41, 5.74) is 0.215. The van der Waals surface area contributed by atoms with Crippen molar-refractivity contribution in [1.29, 1.82) is 0 Å². The van der Waals surface area contributed by atoms with Crippen molar-refractivity contribution >= 4 is 35.0 Å². The van der Waals surface area contributed by atoms with E-state index in [1.54, 1.807) is 17.8 Å². The van der Waals surface area contributed by atoms with E-state index in [2.05, 4.69) is 5.32 Å². The molecule has 0 aliphatic carbocycles. The van der Waals surface area contributed by atoms with Crippen LogP contribution in [0.2, 0.25) is 5.02 Å². The number of carbonyl (C=O) groups excluding carboxylic acids is 1. The van der Waals surface area contributed by atoms with Crippen LogP contribution in [0.25, 0.3) is 0 Å². The van der Waals surface area contributed by atoms with Gasteiger partial charge in [0, 0.05) is 0 Å². The lowest BCUT2D eigenvalue weighted by Crippen LogP contribution is -2.45. The smallest absolute Gasteiger partial charge is 0.256 e. The molecular formula is C13H16ClNO2S. The van der Waals surface area contributed by atoms with Gasteiger partial charge in [-0.05, 0) is 42.9 Å². The Balaban J connectivity index is 2.13. The third-order valence-corrected chi connectivity index (χ3v) is 4.67. The minimum atomic E-state index is -1.25. The van der Waals surface area contributed by atoms with E-state index in [4.69, 9.17) is 11.6 Å². The maximum Gasteiger partial charge on any atom is 0.256 e. The molecule has 0 spiro atoms. The quantitative estimate of drug-likeness (QED) is 0.878. The second kappa shape index (κ2) is 5.51. The molecule has 5 heteroatoms. The molecule has 1 aliphatic rings. The van der Waals surface area contributed by atoms with E-state index in [9.17, 15) is 9.90 Å². The standard InChI is InChI=1S/C13H16ClNO2S/c1-9-3-2-4-10(11(9)14)15-12(16)13(17)5-7-18-8-6-13/h2-4,17H,5-8H2,1H3,(H,15,16). The van der Waals surface area contributed by atoms with Gasteiger partial charge in [0.25, 0.3) is 5.91 Å². The predicted molar refractivity (Wildman–Crippen MR) is 76.3 cm³/mol. The van der Waals surface area contributed by atoms with E-state index in [-0.39, 0.29) is 5.91 Å².